The largest absolute Gasteiger partial charge is 0.487 e. The van der Waals surface area contributed by atoms with Crippen molar-refractivity contribution < 1.29 is 18.3 Å². The van der Waals surface area contributed by atoms with Gasteiger partial charge in [0, 0.05) is 4.91 Å². The molecule has 1 aliphatic carbocycles. The molecular weight excluding hydrogens is 198 g/mol. The normalized spacial score (nSPS) is 41.5. The van der Waals surface area contributed by atoms with Crippen molar-refractivity contribution in [3.05, 3.63) is 23.1 Å². The maximum Gasteiger partial charge on any atom is 0.487 e. The highest BCUT2D eigenvalue weighted by Gasteiger charge is 2.55. The van der Waals surface area contributed by atoms with Gasteiger partial charge in [0.15, 0.2) is 0 Å². The standard InChI is InChI=1S/C8H8F2O2S/c1-7-4-5(13)2-3-6(7)11-8(9,10)12-7/h2-4,6,13H,1H3. The third kappa shape index (κ3) is 1.51. The predicted octanol–water partition coefficient (Wildman–Crippen LogP) is 2.09. The van der Waals surface area contributed by atoms with Gasteiger partial charge < -0.3 is 0 Å². The van der Waals surface area contributed by atoms with Crippen molar-refractivity contribution in [2.75, 3.05) is 0 Å². The van der Waals surface area contributed by atoms with Crippen LogP contribution in [0, 0.1) is 0 Å². The van der Waals surface area contributed by atoms with E-state index in [1.807, 2.05) is 0 Å². The highest BCUT2D eigenvalue weighted by atomic mass is 32.1. The zero-order chi connectivity index (χ0) is 9.69. The molecule has 2 atom stereocenters. The van der Waals surface area contributed by atoms with Crippen LogP contribution in [0.1, 0.15) is 6.92 Å². The summed E-state index contributed by atoms with van der Waals surface area (Å²) in [7, 11) is 0. The van der Waals surface area contributed by atoms with E-state index in [9.17, 15) is 8.78 Å². The number of hydrogen-bond donors (Lipinski definition) is 1. The SMILES string of the molecule is CC12C=C(S)C=CC1OC(F)(F)O2. The molecule has 2 nitrogen and oxygen atoms in total. The molecule has 1 aliphatic heterocycles. The Bertz CT molecular complexity index is 301. The van der Waals surface area contributed by atoms with Gasteiger partial charge in [-0.15, -0.1) is 21.4 Å². The minimum absolute atomic E-state index is 0.597. The molecule has 1 heterocycles. The quantitative estimate of drug-likeness (QED) is 0.612. The molecule has 0 aromatic heterocycles. The van der Waals surface area contributed by atoms with Crippen LogP contribution in [-0.2, 0) is 9.47 Å². The summed E-state index contributed by atoms with van der Waals surface area (Å²) in [5.41, 5.74) is -1.10. The van der Waals surface area contributed by atoms with E-state index in [2.05, 4.69) is 22.1 Å². The Morgan fingerprint density at radius 2 is 2.23 bits per heavy atom. The third-order valence-electron chi connectivity index (χ3n) is 2.04. The molecule has 13 heavy (non-hydrogen) atoms. The molecule has 1 fully saturated rings. The molecular formula is C8H8F2O2S. The molecule has 0 radical (unpaired) electrons. The van der Waals surface area contributed by atoms with Crippen molar-refractivity contribution in [3.63, 3.8) is 0 Å². The summed E-state index contributed by atoms with van der Waals surface area (Å²) in [5.74, 6) is 0. The lowest BCUT2D eigenvalue weighted by molar-refractivity contribution is -0.353. The van der Waals surface area contributed by atoms with Crippen molar-refractivity contribution >= 4 is 12.6 Å². The maximum absolute atomic E-state index is 12.7. The van der Waals surface area contributed by atoms with Crippen molar-refractivity contribution in [1.29, 1.82) is 0 Å². The summed E-state index contributed by atoms with van der Waals surface area (Å²) in [6.07, 6.45) is 0.405. The average Bonchev–Trinajstić information content (AvgIpc) is 2.16. The second-order valence-electron chi connectivity index (χ2n) is 3.22. The summed E-state index contributed by atoms with van der Waals surface area (Å²) in [4.78, 5) is 0.597. The summed E-state index contributed by atoms with van der Waals surface area (Å²) in [5, 5.41) is 0. The highest BCUT2D eigenvalue weighted by molar-refractivity contribution is 7.84. The number of thiol groups is 1. The van der Waals surface area contributed by atoms with Gasteiger partial charge >= 0.3 is 6.29 Å². The molecule has 0 aromatic carbocycles. The number of halogens is 2. The lowest BCUT2D eigenvalue weighted by Crippen LogP contribution is -2.34. The topological polar surface area (TPSA) is 18.5 Å². The molecule has 2 aliphatic rings. The Hall–Kier alpha value is -0.390. The van der Waals surface area contributed by atoms with E-state index < -0.39 is 18.0 Å². The van der Waals surface area contributed by atoms with Crippen LogP contribution in [0.3, 0.4) is 0 Å². The zero-order valence-corrected chi connectivity index (χ0v) is 7.72. The fourth-order valence-corrected chi connectivity index (χ4v) is 1.82. The molecule has 0 aromatic rings. The molecule has 0 bridgehead atoms. The van der Waals surface area contributed by atoms with E-state index in [1.54, 1.807) is 6.08 Å². The van der Waals surface area contributed by atoms with Crippen molar-refractivity contribution in [2.24, 2.45) is 0 Å². The molecule has 0 N–H and O–H groups in total. The van der Waals surface area contributed by atoms with Crippen LogP contribution < -0.4 is 0 Å². The van der Waals surface area contributed by atoms with E-state index >= 15 is 0 Å². The molecule has 0 saturated carbocycles. The third-order valence-corrected chi connectivity index (χ3v) is 2.32. The van der Waals surface area contributed by atoms with Crippen LogP contribution in [0.2, 0.25) is 0 Å². The molecule has 0 spiro atoms. The molecule has 0 amide bonds. The van der Waals surface area contributed by atoms with Crippen LogP contribution in [0.5, 0.6) is 0 Å². The predicted molar refractivity (Wildman–Crippen MR) is 45.5 cm³/mol. The second-order valence-corrected chi connectivity index (χ2v) is 3.73. The first kappa shape index (κ1) is 9.18. The van der Waals surface area contributed by atoms with Crippen LogP contribution in [0.25, 0.3) is 0 Å². The van der Waals surface area contributed by atoms with Gasteiger partial charge in [0.25, 0.3) is 0 Å². The number of hydrogen-bond acceptors (Lipinski definition) is 3. The van der Waals surface area contributed by atoms with E-state index in [1.165, 1.54) is 19.1 Å². The van der Waals surface area contributed by atoms with Crippen LogP contribution in [0.4, 0.5) is 8.78 Å². The van der Waals surface area contributed by atoms with Crippen LogP contribution in [0.15, 0.2) is 23.1 Å². The first-order chi connectivity index (χ1) is 5.91. The fraction of sp³-hybridized carbons (Fsp3) is 0.500. The van der Waals surface area contributed by atoms with Crippen LogP contribution >= 0.6 is 12.6 Å². The van der Waals surface area contributed by atoms with Gasteiger partial charge in [0.05, 0.1) is 0 Å². The van der Waals surface area contributed by atoms with Gasteiger partial charge in [-0.3, -0.25) is 9.47 Å². The van der Waals surface area contributed by atoms with Gasteiger partial charge in [0.1, 0.15) is 11.7 Å². The van der Waals surface area contributed by atoms with Gasteiger partial charge in [-0.2, -0.15) is 0 Å². The smallest absolute Gasteiger partial charge is 0.285 e. The van der Waals surface area contributed by atoms with E-state index in [-0.39, 0.29) is 0 Å². The number of rotatable bonds is 0. The number of allylic oxidation sites excluding steroid dienone is 1. The summed E-state index contributed by atoms with van der Waals surface area (Å²) < 4.78 is 34.2. The monoisotopic (exact) mass is 206 g/mol. The second kappa shape index (κ2) is 2.56. The highest BCUT2D eigenvalue weighted by Crippen LogP contribution is 2.42. The van der Waals surface area contributed by atoms with Gasteiger partial charge in [-0.1, -0.05) is 12.2 Å². The number of ether oxygens (including phenoxy) is 2. The Labute approximate surface area is 79.6 Å². The van der Waals surface area contributed by atoms with E-state index in [4.69, 9.17) is 0 Å². The molecule has 5 heteroatoms. The van der Waals surface area contributed by atoms with Crippen molar-refractivity contribution in [2.45, 2.75) is 24.9 Å². The first-order valence-corrected chi connectivity index (χ1v) is 4.22. The van der Waals surface area contributed by atoms with Gasteiger partial charge in [-0.05, 0) is 13.0 Å². The van der Waals surface area contributed by atoms with Gasteiger partial charge in [-0.25, -0.2) is 0 Å². The number of fused-ring (bicyclic) bond motifs is 1. The summed E-state index contributed by atoms with van der Waals surface area (Å²) in [6, 6.07) is 0. The Morgan fingerprint density at radius 3 is 2.92 bits per heavy atom. The molecule has 2 rings (SSSR count). The van der Waals surface area contributed by atoms with Gasteiger partial charge in [0.2, 0.25) is 0 Å². The summed E-state index contributed by atoms with van der Waals surface area (Å²) >= 11 is 4.05. The van der Waals surface area contributed by atoms with E-state index in [0.29, 0.717) is 4.91 Å². The maximum atomic E-state index is 12.7. The van der Waals surface area contributed by atoms with Crippen LogP contribution in [-0.4, -0.2) is 18.0 Å². The Morgan fingerprint density at radius 1 is 1.54 bits per heavy atom. The van der Waals surface area contributed by atoms with Crippen molar-refractivity contribution in [1.82, 2.24) is 0 Å². The molecule has 2 unspecified atom stereocenters. The minimum atomic E-state index is -3.50. The molecule has 72 valence electrons. The first-order valence-electron chi connectivity index (χ1n) is 3.77. The lowest BCUT2D eigenvalue weighted by atomic mass is 9.95. The lowest BCUT2D eigenvalue weighted by Gasteiger charge is -2.24. The Balaban J connectivity index is 2.33. The minimum Gasteiger partial charge on any atom is -0.285 e. The Kier molecular flexibility index (Phi) is 1.80. The molecule has 1 saturated heterocycles. The number of alkyl halides is 2. The average molecular weight is 206 g/mol. The van der Waals surface area contributed by atoms with E-state index in [0.717, 1.165) is 0 Å². The summed E-state index contributed by atoms with van der Waals surface area (Å²) in [6.45, 7) is 1.54. The fourth-order valence-electron chi connectivity index (χ4n) is 1.47. The van der Waals surface area contributed by atoms with Crippen molar-refractivity contribution in [3.8, 4) is 0 Å². The zero-order valence-electron chi connectivity index (χ0n) is 6.83.